The molecule has 0 radical (unpaired) electrons. The van der Waals surface area contributed by atoms with Gasteiger partial charge in [0.25, 0.3) is 5.91 Å². The van der Waals surface area contributed by atoms with Crippen molar-refractivity contribution in [3.63, 3.8) is 0 Å². The minimum atomic E-state index is -0.598. The van der Waals surface area contributed by atoms with Crippen LogP contribution in [-0.4, -0.2) is 25.4 Å². The Morgan fingerprint density at radius 3 is 2.86 bits per heavy atom. The lowest BCUT2D eigenvalue weighted by Crippen LogP contribution is -2.14. The molecule has 0 fully saturated rings. The molecule has 0 aliphatic rings. The summed E-state index contributed by atoms with van der Waals surface area (Å²) in [6.07, 6.45) is 7.72. The topological polar surface area (TPSA) is 86.7 Å². The minimum Gasteiger partial charge on any atom is -0.364 e. The Morgan fingerprint density at radius 1 is 1.36 bits per heavy atom. The van der Waals surface area contributed by atoms with Gasteiger partial charge in [-0.15, -0.1) is 0 Å². The molecule has 2 heterocycles. The summed E-state index contributed by atoms with van der Waals surface area (Å²) in [6, 6.07) is 0. The summed E-state index contributed by atoms with van der Waals surface area (Å²) in [6.45, 7) is 0. The molecule has 0 aliphatic heterocycles. The lowest BCUT2D eigenvalue weighted by molar-refractivity contribution is 0.0995. The second-order valence-corrected chi connectivity index (χ2v) is 2.60. The molecule has 0 bridgehead atoms. The summed E-state index contributed by atoms with van der Waals surface area (Å²) in [5.41, 5.74) is 5.21. The van der Waals surface area contributed by atoms with Crippen LogP contribution in [0.2, 0.25) is 0 Å². The fraction of sp³-hybridized carbons (Fsp3) is 0. The van der Waals surface area contributed by atoms with E-state index in [1.54, 1.807) is 23.3 Å². The van der Waals surface area contributed by atoms with Gasteiger partial charge in [0, 0.05) is 12.4 Å². The van der Waals surface area contributed by atoms with E-state index >= 15 is 0 Å². The zero-order valence-electron chi connectivity index (χ0n) is 7.16. The molecule has 0 aliphatic carbocycles. The van der Waals surface area contributed by atoms with Gasteiger partial charge in [0.2, 0.25) is 0 Å². The molecule has 0 unspecified atom stereocenters. The lowest BCUT2D eigenvalue weighted by Gasteiger charge is -2.00. The number of nitrogens with two attached hydrogens (primary N) is 1. The Hall–Kier alpha value is -2.24. The van der Waals surface area contributed by atoms with Gasteiger partial charge in [-0.25, -0.2) is 9.97 Å². The molecule has 70 valence electrons. The summed E-state index contributed by atoms with van der Waals surface area (Å²) in [4.78, 5) is 22.5. The van der Waals surface area contributed by atoms with E-state index in [1.165, 1.54) is 12.4 Å². The summed E-state index contributed by atoms with van der Waals surface area (Å²) in [7, 11) is 0. The molecule has 2 N–H and O–H groups in total. The highest BCUT2D eigenvalue weighted by Gasteiger charge is 2.04. The van der Waals surface area contributed by atoms with Gasteiger partial charge in [0.1, 0.15) is 12.0 Å². The number of carbonyl (C=O) groups is 1. The first kappa shape index (κ1) is 8.36. The highest BCUT2D eigenvalue weighted by molar-refractivity contribution is 5.90. The normalized spacial score (nSPS) is 10.0. The first-order valence-electron chi connectivity index (χ1n) is 3.87. The van der Waals surface area contributed by atoms with Crippen molar-refractivity contribution in [2.75, 3.05) is 0 Å². The molecule has 0 saturated carbocycles. The maximum absolute atomic E-state index is 10.8. The third-order valence-corrected chi connectivity index (χ3v) is 1.64. The Balaban J connectivity index is 2.46. The Kier molecular flexibility index (Phi) is 1.94. The van der Waals surface area contributed by atoms with Gasteiger partial charge >= 0.3 is 0 Å². The summed E-state index contributed by atoms with van der Waals surface area (Å²) in [5, 5.41) is 0. The fourth-order valence-electron chi connectivity index (χ4n) is 0.993. The molecule has 1 amide bonds. The predicted octanol–water partition coefficient (Wildman–Crippen LogP) is -0.239. The second-order valence-electron chi connectivity index (χ2n) is 2.60. The van der Waals surface area contributed by atoms with Crippen molar-refractivity contribution in [1.82, 2.24) is 19.5 Å². The van der Waals surface area contributed by atoms with Crippen molar-refractivity contribution in [3.05, 3.63) is 36.8 Å². The van der Waals surface area contributed by atoms with Crippen molar-refractivity contribution in [3.8, 4) is 5.82 Å². The van der Waals surface area contributed by atoms with Crippen molar-refractivity contribution in [2.45, 2.75) is 0 Å². The largest absolute Gasteiger partial charge is 0.364 e. The SMILES string of the molecule is NC(=O)c1cncc(-n2ccnc2)n1. The number of nitrogens with zero attached hydrogens (tertiary/aromatic N) is 4. The number of carbonyl (C=O) groups excluding carboxylic acids is 1. The lowest BCUT2D eigenvalue weighted by atomic mass is 10.4. The third kappa shape index (κ3) is 1.45. The zero-order chi connectivity index (χ0) is 9.97. The molecule has 2 aromatic rings. The second kappa shape index (κ2) is 3.25. The van der Waals surface area contributed by atoms with E-state index in [9.17, 15) is 4.79 Å². The Bertz CT molecular complexity index is 451. The molecular formula is C8H7N5O. The average Bonchev–Trinajstić information content (AvgIpc) is 2.71. The number of hydrogen-bond donors (Lipinski definition) is 1. The van der Waals surface area contributed by atoms with Crippen LogP contribution in [0.25, 0.3) is 5.82 Å². The van der Waals surface area contributed by atoms with Crippen LogP contribution >= 0.6 is 0 Å². The molecule has 0 spiro atoms. The van der Waals surface area contributed by atoms with E-state index in [2.05, 4.69) is 15.0 Å². The Morgan fingerprint density at radius 2 is 2.21 bits per heavy atom. The molecule has 6 nitrogen and oxygen atoms in total. The minimum absolute atomic E-state index is 0.135. The summed E-state index contributed by atoms with van der Waals surface area (Å²) >= 11 is 0. The quantitative estimate of drug-likeness (QED) is 0.706. The van der Waals surface area contributed by atoms with Crippen molar-refractivity contribution in [1.29, 1.82) is 0 Å². The van der Waals surface area contributed by atoms with E-state index in [4.69, 9.17) is 5.73 Å². The molecule has 6 heteroatoms. The number of hydrogen-bond acceptors (Lipinski definition) is 4. The standard InChI is InChI=1S/C8H7N5O/c9-8(14)6-3-11-4-7(12-6)13-2-1-10-5-13/h1-5H,(H2,9,14). The fourth-order valence-corrected chi connectivity index (χ4v) is 0.993. The monoisotopic (exact) mass is 189 g/mol. The van der Waals surface area contributed by atoms with Crippen LogP contribution in [0.4, 0.5) is 0 Å². The highest BCUT2D eigenvalue weighted by atomic mass is 16.1. The van der Waals surface area contributed by atoms with Crippen molar-refractivity contribution < 1.29 is 4.79 Å². The van der Waals surface area contributed by atoms with Crippen LogP contribution in [0.5, 0.6) is 0 Å². The van der Waals surface area contributed by atoms with Gasteiger partial charge < -0.3 is 5.73 Å². The van der Waals surface area contributed by atoms with Gasteiger partial charge in [-0.2, -0.15) is 0 Å². The van der Waals surface area contributed by atoms with Crippen LogP contribution < -0.4 is 5.73 Å². The zero-order valence-corrected chi connectivity index (χ0v) is 7.16. The number of aromatic nitrogens is 4. The first-order valence-corrected chi connectivity index (χ1v) is 3.87. The van der Waals surface area contributed by atoms with E-state index in [1.807, 2.05) is 0 Å². The van der Waals surface area contributed by atoms with Crippen LogP contribution in [0.15, 0.2) is 31.1 Å². The molecular weight excluding hydrogens is 182 g/mol. The number of amides is 1. The number of primary amides is 1. The summed E-state index contributed by atoms with van der Waals surface area (Å²) < 4.78 is 1.64. The molecule has 0 atom stereocenters. The smallest absolute Gasteiger partial charge is 0.268 e. The third-order valence-electron chi connectivity index (χ3n) is 1.64. The van der Waals surface area contributed by atoms with Crippen LogP contribution in [0.3, 0.4) is 0 Å². The van der Waals surface area contributed by atoms with E-state index in [0.29, 0.717) is 5.82 Å². The maximum Gasteiger partial charge on any atom is 0.268 e. The predicted molar refractivity (Wildman–Crippen MR) is 47.7 cm³/mol. The first-order chi connectivity index (χ1) is 6.77. The average molecular weight is 189 g/mol. The Labute approximate surface area is 79.4 Å². The molecule has 0 saturated heterocycles. The number of imidazole rings is 1. The van der Waals surface area contributed by atoms with Gasteiger partial charge in [-0.1, -0.05) is 0 Å². The van der Waals surface area contributed by atoms with Gasteiger partial charge in [-0.05, 0) is 0 Å². The van der Waals surface area contributed by atoms with Crippen LogP contribution in [-0.2, 0) is 0 Å². The maximum atomic E-state index is 10.8. The van der Waals surface area contributed by atoms with Crippen molar-refractivity contribution in [2.24, 2.45) is 5.73 Å². The van der Waals surface area contributed by atoms with Crippen LogP contribution in [0.1, 0.15) is 10.5 Å². The molecule has 0 aromatic carbocycles. The molecule has 14 heavy (non-hydrogen) atoms. The van der Waals surface area contributed by atoms with Gasteiger partial charge in [0.15, 0.2) is 5.82 Å². The van der Waals surface area contributed by atoms with E-state index < -0.39 is 5.91 Å². The van der Waals surface area contributed by atoms with E-state index in [-0.39, 0.29) is 5.69 Å². The van der Waals surface area contributed by atoms with E-state index in [0.717, 1.165) is 0 Å². The molecule has 2 rings (SSSR count). The highest BCUT2D eigenvalue weighted by Crippen LogP contribution is 2.01. The van der Waals surface area contributed by atoms with Gasteiger partial charge in [-0.3, -0.25) is 14.3 Å². The van der Waals surface area contributed by atoms with Crippen molar-refractivity contribution >= 4 is 5.91 Å². The molecule has 2 aromatic heterocycles. The summed E-state index contributed by atoms with van der Waals surface area (Å²) in [5.74, 6) is -0.0849. The van der Waals surface area contributed by atoms with Crippen LogP contribution in [0, 0.1) is 0 Å². The van der Waals surface area contributed by atoms with Gasteiger partial charge in [0.05, 0.1) is 12.4 Å². The number of rotatable bonds is 2.